The Labute approximate surface area is 146 Å². The number of nitrogens with two attached hydrogens (primary N) is 1. The summed E-state index contributed by atoms with van der Waals surface area (Å²) in [5.74, 6) is -0.172. The lowest BCUT2D eigenvalue weighted by Gasteiger charge is -2.10. The summed E-state index contributed by atoms with van der Waals surface area (Å²) in [5, 5.41) is 9.56. The minimum Gasteiger partial charge on any atom is -0.490 e. The Morgan fingerprint density at radius 3 is 3.12 bits per heavy atom. The number of anilines is 1. The number of hydrogen-bond acceptors (Lipinski definition) is 5. The first-order chi connectivity index (χ1) is 11.6. The number of amides is 2. The van der Waals surface area contributed by atoms with E-state index in [0.29, 0.717) is 53.3 Å². The van der Waals surface area contributed by atoms with Crippen molar-refractivity contribution in [3.63, 3.8) is 0 Å². The zero-order chi connectivity index (χ0) is 17.1. The van der Waals surface area contributed by atoms with Gasteiger partial charge in [0.15, 0.2) is 0 Å². The fourth-order valence-corrected chi connectivity index (χ4v) is 2.91. The third-order valence-corrected chi connectivity index (χ3v) is 4.02. The highest BCUT2D eigenvalue weighted by atomic mass is 79.9. The lowest BCUT2D eigenvalue weighted by molar-refractivity contribution is 0.0957. The van der Waals surface area contributed by atoms with Crippen LogP contribution in [-0.2, 0) is 6.54 Å². The van der Waals surface area contributed by atoms with E-state index in [9.17, 15) is 9.59 Å². The van der Waals surface area contributed by atoms with Crippen LogP contribution in [0.5, 0.6) is 5.75 Å². The van der Waals surface area contributed by atoms with E-state index in [-0.39, 0.29) is 11.8 Å². The van der Waals surface area contributed by atoms with Crippen LogP contribution >= 0.6 is 15.9 Å². The highest BCUT2D eigenvalue weighted by Gasteiger charge is 2.22. The third-order valence-electron chi connectivity index (χ3n) is 3.43. The second-order valence-corrected chi connectivity index (χ2v) is 6.03. The second kappa shape index (κ2) is 7.02. The Morgan fingerprint density at radius 1 is 1.50 bits per heavy atom. The van der Waals surface area contributed by atoms with Gasteiger partial charge in [-0.05, 0) is 28.1 Å². The van der Waals surface area contributed by atoms with Crippen LogP contribution in [0.4, 0.5) is 5.69 Å². The van der Waals surface area contributed by atoms with Crippen molar-refractivity contribution in [2.75, 3.05) is 25.0 Å². The van der Waals surface area contributed by atoms with Gasteiger partial charge in [-0.3, -0.25) is 14.3 Å². The number of carbonyl (C=O) groups excluding carboxylic acids is 2. The molecule has 3 rings (SSSR count). The zero-order valence-electron chi connectivity index (χ0n) is 12.7. The molecule has 0 aliphatic carbocycles. The quantitative estimate of drug-likeness (QED) is 0.716. The highest BCUT2D eigenvalue weighted by molar-refractivity contribution is 9.10. The molecule has 24 heavy (non-hydrogen) atoms. The molecule has 9 heteroatoms. The molecule has 1 aromatic carbocycles. The molecule has 1 aromatic heterocycles. The van der Waals surface area contributed by atoms with Gasteiger partial charge in [0.25, 0.3) is 11.8 Å². The summed E-state index contributed by atoms with van der Waals surface area (Å²) in [4.78, 5) is 24.5. The van der Waals surface area contributed by atoms with Crippen LogP contribution in [0, 0.1) is 0 Å². The Kier molecular flexibility index (Phi) is 4.81. The number of rotatable bonds is 4. The van der Waals surface area contributed by atoms with Crippen molar-refractivity contribution >= 4 is 33.4 Å². The number of benzene rings is 1. The molecule has 1 aliphatic heterocycles. The number of nitrogens with one attached hydrogen (secondary N) is 2. The normalized spacial score (nSPS) is 13.5. The maximum absolute atomic E-state index is 12.4. The van der Waals surface area contributed by atoms with Crippen LogP contribution in [0.3, 0.4) is 0 Å². The molecular weight excluding hydrogens is 378 g/mol. The molecule has 2 heterocycles. The molecule has 0 saturated heterocycles. The van der Waals surface area contributed by atoms with Crippen LogP contribution < -0.4 is 21.1 Å². The number of aromatic nitrogens is 2. The number of ether oxygens (including phenoxy) is 1. The minimum atomic E-state index is -0.345. The van der Waals surface area contributed by atoms with Gasteiger partial charge in [0.1, 0.15) is 12.4 Å². The van der Waals surface area contributed by atoms with Crippen LogP contribution in [0.25, 0.3) is 0 Å². The number of fused-ring (bicyclic) bond motifs is 1. The highest BCUT2D eigenvalue weighted by Crippen LogP contribution is 2.32. The van der Waals surface area contributed by atoms with Crippen molar-refractivity contribution in [1.29, 1.82) is 0 Å². The summed E-state index contributed by atoms with van der Waals surface area (Å²) < 4.78 is 7.75. The van der Waals surface area contributed by atoms with E-state index < -0.39 is 0 Å². The predicted octanol–water partition coefficient (Wildman–Crippen LogP) is 0.979. The smallest absolute Gasteiger partial charge is 0.255 e. The van der Waals surface area contributed by atoms with E-state index in [2.05, 4.69) is 31.7 Å². The van der Waals surface area contributed by atoms with Crippen molar-refractivity contribution < 1.29 is 14.3 Å². The first-order valence-electron chi connectivity index (χ1n) is 7.37. The van der Waals surface area contributed by atoms with Gasteiger partial charge in [0, 0.05) is 18.3 Å². The van der Waals surface area contributed by atoms with Crippen molar-refractivity contribution in [3.8, 4) is 5.75 Å². The molecule has 2 amide bonds. The van der Waals surface area contributed by atoms with E-state index in [1.54, 1.807) is 23.1 Å². The first-order valence-corrected chi connectivity index (χ1v) is 8.16. The molecule has 0 fully saturated rings. The Balaban J connectivity index is 1.84. The number of halogens is 1. The summed E-state index contributed by atoms with van der Waals surface area (Å²) >= 11 is 3.36. The first kappa shape index (κ1) is 16.5. The summed E-state index contributed by atoms with van der Waals surface area (Å²) in [7, 11) is 0. The summed E-state index contributed by atoms with van der Waals surface area (Å²) in [6.45, 7) is 1.82. The van der Waals surface area contributed by atoms with Gasteiger partial charge in [0.05, 0.1) is 35.0 Å². The zero-order valence-corrected chi connectivity index (χ0v) is 14.3. The summed E-state index contributed by atoms with van der Waals surface area (Å²) in [6, 6.07) is 3.14. The molecular formula is C15H16BrN5O3. The Bertz CT molecular complexity index is 789. The lowest BCUT2D eigenvalue weighted by atomic mass is 10.1. The van der Waals surface area contributed by atoms with Gasteiger partial charge < -0.3 is 21.1 Å². The molecule has 1 aliphatic rings. The third kappa shape index (κ3) is 3.41. The maximum atomic E-state index is 12.4. The van der Waals surface area contributed by atoms with Gasteiger partial charge >= 0.3 is 0 Å². The minimum absolute atomic E-state index is 0.270. The Morgan fingerprint density at radius 2 is 2.33 bits per heavy atom. The van der Waals surface area contributed by atoms with Gasteiger partial charge in [-0.15, -0.1) is 0 Å². The van der Waals surface area contributed by atoms with E-state index >= 15 is 0 Å². The lowest BCUT2D eigenvalue weighted by Crippen LogP contribution is -2.24. The molecule has 0 radical (unpaired) electrons. The number of hydrogen-bond donors (Lipinski definition) is 3. The topological polar surface area (TPSA) is 111 Å². The largest absolute Gasteiger partial charge is 0.490 e. The van der Waals surface area contributed by atoms with Crippen molar-refractivity contribution in [3.05, 3.63) is 40.1 Å². The number of nitrogens with zero attached hydrogens (tertiary/aromatic N) is 2. The predicted molar refractivity (Wildman–Crippen MR) is 91.2 cm³/mol. The molecule has 0 unspecified atom stereocenters. The monoisotopic (exact) mass is 393 g/mol. The molecule has 0 atom stereocenters. The summed E-state index contributed by atoms with van der Waals surface area (Å²) in [6.07, 6.45) is 3.24. The van der Waals surface area contributed by atoms with Crippen LogP contribution in [0.2, 0.25) is 0 Å². The standard InChI is InChI=1S/C15H16BrN5O3/c16-12-6-9(5-11-13(12)24-4-2-18-15(11)23)14(22)20-10-7-19-21(8-10)3-1-17/h5-8H,1-4,17H2,(H,18,23)(H,20,22). The van der Waals surface area contributed by atoms with E-state index in [0.717, 1.165) is 0 Å². The van der Waals surface area contributed by atoms with E-state index in [1.807, 2.05) is 0 Å². The number of carbonyl (C=O) groups is 2. The van der Waals surface area contributed by atoms with Gasteiger partial charge in [-0.25, -0.2) is 0 Å². The fraction of sp³-hybridized carbons (Fsp3) is 0.267. The molecule has 0 spiro atoms. The van der Waals surface area contributed by atoms with Gasteiger partial charge in [0.2, 0.25) is 0 Å². The molecule has 8 nitrogen and oxygen atoms in total. The second-order valence-electron chi connectivity index (χ2n) is 5.17. The van der Waals surface area contributed by atoms with Gasteiger partial charge in [-0.2, -0.15) is 5.10 Å². The molecule has 2 aromatic rings. The van der Waals surface area contributed by atoms with Crippen molar-refractivity contribution in [1.82, 2.24) is 15.1 Å². The van der Waals surface area contributed by atoms with Crippen molar-refractivity contribution in [2.24, 2.45) is 5.73 Å². The Hall–Kier alpha value is -2.39. The van der Waals surface area contributed by atoms with E-state index in [4.69, 9.17) is 10.5 Å². The summed E-state index contributed by atoms with van der Waals surface area (Å²) in [5.41, 5.74) is 6.69. The fourth-order valence-electron chi connectivity index (χ4n) is 2.34. The van der Waals surface area contributed by atoms with Crippen LogP contribution in [-0.4, -0.2) is 41.3 Å². The molecule has 126 valence electrons. The SMILES string of the molecule is NCCn1cc(NC(=O)c2cc(Br)c3c(c2)C(=O)NCCO3)cn1. The van der Waals surface area contributed by atoms with Crippen LogP contribution in [0.1, 0.15) is 20.7 Å². The average Bonchev–Trinajstić information content (AvgIpc) is 2.90. The molecule has 0 saturated carbocycles. The van der Waals surface area contributed by atoms with Gasteiger partial charge in [-0.1, -0.05) is 0 Å². The van der Waals surface area contributed by atoms with E-state index in [1.165, 1.54) is 6.07 Å². The maximum Gasteiger partial charge on any atom is 0.255 e. The molecule has 4 N–H and O–H groups in total. The molecule has 0 bridgehead atoms. The average molecular weight is 394 g/mol. The van der Waals surface area contributed by atoms with Crippen molar-refractivity contribution in [2.45, 2.75) is 6.54 Å². The van der Waals surface area contributed by atoms with Crippen LogP contribution in [0.15, 0.2) is 29.0 Å².